The molecule has 0 saturated heterocycles. The fourth-order valence-corrected chi connectivity index (χ4v) is 2.27. The Bertz CT molecular complexity index is 952. The average molecular weight is 474 g/mol. The van der Waals surface area contributed by atoms with E-state index < -0.39 is 10.5 Å². The van der Waals surface area contributed by atoms with Gasteiger partial charge >= 0.3 is 9.94 Å². The highest BCUT2D eigenvalue weighted by Crippen LogP contribution is 2.23. The zero-order valence-electron chi connectivity index (χ0n) is 13.5. The van der Waals surface area contributed by atoms with Crippen molar-refractivity contribution < 1.29 is 13.5 Å². The van der Waals surface area contributed by atoms with Crippen LogP contribution in [-0.2, 0) is 13.6 Å². The first-order valence-corrected chi connectivity index (χ1v) is 8.46. The Morgan fingerprint density at radius 1 is 1.23 bits per heavy atom. The van der Waals surface area contributed by atoms with Gasteiger partial charge in [-0.3, -0.25) is 9.48 Å². The van der Waals surface area contributed by atoms with Crippen molar-refractivity contribution in [2.24, 2.45) is 7.05 Å². The van der Waals surface area contributed by atoms with Gasteiger partial charge in [-0.1, -0.05) is 0 Å². The number of aryl methyl sites for hydroxylation is 1. The van der Waals surface area contributed by atoms with E-state index in [2.05, 4.69) is 20.2 Å². The van der Waals surface area contributed by atoms with Gasteiger partial charge in [-0.15, -0.1) is 0 Å². The first kappa shape index (κ1) is 18.4. The minimum atomic E-state index is -3.00. The molecule has 8 nitrogen and oxygen atoms in total. The Morgan fingerprint density at radius 2 is 1.96 bits per heavy atom. The zero-order valence-corrected chi connectivity index (χ0v) is 15.7. The second kappa shape index (κ2) is 7.43. The lowest BCUT2D eigenvalue weighted by molar-refractivity contribution is 0.0603. The lowest BCUT2D eigenvalue weighted by Gasteiger charge is -2.09. The van der Waals surface area contributed by atoms with Crippen LogP contribution in [-0.4, -0.2) is 40.1 Å². The molecule has 26 heavy (non-hydrogen) atoms. The molecule has 0 aliphatic carbocycles. The van der Waals surface area contributed by atoms with Gasteiger partial charge in [0.05, 0.1) is 18.4 Å². The van der Waals surface area contributed by atoms with Gasteiger partial charge in [-0.2, -0.15) is 19.0 Å². The third-order valence-electron chi connectivity index (χ3n) is 3.25. The maximum absolute atomic E-state index is 12.8. The molecular weight excluding hydrogens is 461 g/mol. The van der Waals surface area contributed by atoms with Crippen LogP contribution in [0, 0.1) is 0 Å². The molecule has 0 fully saturated rings. The molecule has 0 saturated carbocycles. The Balaban J connectivity index is 1.78. The van der Waals surface area contributed by atoms with Crippen molar-refractivity contribution in [3.63, 3.8) is 0 Å². The molecule has 0 atom stereocenters. The Kier molecular flexibility index (Phi) is 5.25. The molecule has 3 aromatic heterocycles. The average Bonchev–Trinajstić information content (AvgIpc) is 3.00. The molecule has 3 rings (SSSR count). The summed E-state index contributed by atoms with van der Waals surface area (Å²) in [4.78, 5) is 19.8. The van der Waals surface area contributed by atoms with Crippen LogP contribution in [0.5, 0.6) is 6.01 Å². The van der Waals surface area contributed by atoms with Crippen molar-refractivity contribution in [1.82, 2.24) is 29.5 Å². The summed E-state index contributed by atoms with van der Waals surface area (Å²) in [5.74, 6) is 0. The predicted molar refractivity (Wildman–Crippen MR) is 96.3 cm³/mol. The standard InChI is InChI=1S/C15H13F2IN6O2/c1-23-7-10(4-21-23)8-24-13(25)3-2-12(22-24)11-5-19-14(20-6-11)26-9-15(16,17)18/h2-7H,8-9H2,1H3. The summed E-state index contributed by atoms with van der Waals surface area (Å²) in [6, 6.07) is 2.77. The number of halogens is 3. The first-order chi connectivity index (χ1) is 12.3. The summed E-state index contributed by atoms with van der Waals surface area (Å²) < 4.78 is 30.3. The smallest absolute Gasteiger partial charge is 0.329 e. The second-order valence-corrected chi connectivity index (χ2v) is 6.97. The molecule has 0 aliphatic rings. The molecule has 3 aromatic rings. The van der Waals surface area contributed by atoms with Crippen LogP contribution in [0.3, 0.4) is 0 Å². The maximum atomic E-state index is 12.8. The van der Waals surface area contributed by atoms with Crippen LogP contribution in [0.1, 0.15) is 5.56 Å². The van der Waals surface area contributed by atoms with Crippen LogP contribution in [0.2, 0.25) is 0 Å². The maximum Gasteiger partial charge on any atom is 0.329 e. The van der Waals surface area contributed by atoms with Crippen molar-refractivity contribution in [3.05, 3.63) is 52.8 Å². The fraction of sp³-hybridized carbons (Fsp3) is 0.267. The van der Waals surface area contributed by atoms with Crippen LogP contribution in [0.4, 0.5) is 8.78 Å². The molecule has 0 amide bonds. The van der Waals surface area contributed by atoms with Gasteiger partial charge in [0.25, 0.3) is 5.56 Å². The quantitative estimate of drug-likeness (QED) is 0.401. The molecule has 0 aromatic carbocycles. The van der Waals surface area contributed by atoms with E-state index in [1.807, 2.05) is 0 Å². The van der Waals surface area contributed by atoms with Gasteiger partial charge in [0.2, 0.25) is 0 Å². The monoisotopic (exact) mass is 474 g/mol. The molecule has 0 unspecified atom stereocenters. The summed E-state index contributed by atoms with van der Waals surface area (Å²) in [6.07, 6.45) is 6.24. The van der Waals surface area contributed by atoms with Gasteiger partial charge in [-0.25, -0.2) is 14.6 Å². The molecule has 0 spiro atoms. The Hall–Kier alpha value is -2.44. The van der Waals surface area contributed by atoms with E-state index in [0.717, 1.165) is 28.2 Å². The topological polar surface area (TPSA) is 87.7 Å². The van der Waals surface area contributed by atoms with E-state index in [9.17, 15) is 13.6 Å². The number of aromatic nitrogens is 6. The number of hydrogen-bond donors (Lipinski definition) is 0. The summed E-state index contributed by atoms with van der Waals surface area (Å²) >= 11 is 0.974. The van der Waals surface area contributed by atoms with E-state index in [4.69, 9.17) is 4.74 Å². The van der Waals surface area contributed by atoms with Gasteiger partial charge < -0.3 is 4.74 Å². The Labute approximate surface area is 160 Å². The van der Waals surface area contributed by atoms with E-state index in [0.29, 0.717) is 11.3 Å². The minimum Gasteiger partial charge on any atom is -0.456 e. The van der Waals surface area contributed by atoms with Crippen LogP contribution in [0.25, 0.3) is 11.3 Å². The van der Waals surface area contributed by atoms with Crippen LogP contribution in [0.15, 0.2) is 41.7 Å². The highest BCUT2D eigenvalue weighted by molar-refractivity contribution is 14.1. The predicted octanol–water partition coefficient (Wildman–Crippen LogP) is 1.89. The SMILES string of the molecule is Cn1cc(Cn2nc(-c3cnc(OCC(F)(F)I)nc3)ccc2=O)cn1. The molecule has 11 heteroatoms. The number of ether oxygens (including phenoxy) is 1. The summed E-state index contributed by atoms with van der Waals surface area (Å²) in [6.45, 7) is -0.547. The van der Waals surface area contributed by atoms with E-state index in [1.165, 1.54) is 23.1 Å². The van der Waals surface area contributed by atoms with Crippen molar-refractivity contribution in [1.29, 1.82) is 0 Å². The number of rotatable bonds is 6. The molecule has 136 valence electrons. The highest BCUT2D eigenvalue weighted by Gasteiger charge is 2.25. The van der Waals surface area contributed by atoms with Crippen molar-refractivity contribution >= 4 is 22.6 Å². The normalized spacial score (nSPS) is 11.5. The second-order valence-electron chi connectivity index (χ2n) is 5.39. The number of hydrogen-bond acceptors (Lipinski definition) is 6. The van der Waals surface area contributed by atoms with Gasteiger partial charge in [-0.05, 0) is 6.07 Å². The van der Waals surface area contributed by atoms with E-state index in [1.54, 1.807) is 30.2 Å². The fourth-order valence-electron chi connectivity index (χ4n) is 2.11. The lowest BCUT2D eigenvalue weighted by Crippen LogP contribution is -2.22. The number of nitrogens with zero attached hydrogens (tertiary/aromatic N) is 6. The summed E-state index contributed by atoms with van der Waals surface area (Å²) in [7, 11) is 1.78. The minimum absolute atomic E-state index is 0.159. The van der Waals surface area contributed by atoms with Crippen LogP contribution >= 0.6 is 22.6 Å². The molecule has 0 radical (unpaired) electrons. The molecule has 0 bridgehead atoms. The van der Waals surface area contributed by atoms with E-state index in [-0.39, 0.29) is 18.1 Å². The largest absolute Gasteiger partial charge is 0.456 e. The van der Waals surface area contributed by atoms with E-state index >= 15 is 0 Å². The first-order valence-electron chi connectivity index (χ1n) is 7.38. The number of alkyl halides is 3. The summed E-state index contributed by atoms with van der Waals surface area (Å²) in [5, 5.41) is 8.34. The summed E-state index contributed by atoms with van der Waals surface area (Å²) in [5.41, 5.74) is 1.57. The Morgan fingerprint density at radius 3 is 2.58 bits per heavy atom. The van der Waals surface area contributed by atoms with Crippen molar-refractivity contribution in [2.45, 2.75) is 10.5 Å². The van der Waals surface area contributed by atoms with Crippen molar-refractivity contribution in [3.8, 4) is 17.3 Å². The molecule has 0 aliphatic heterocycles. The molecule has 0 N–H and O–H groups in total. The third-order valence-corrected chi connectivity index (χ3v) is 3.56. The van der Waals surface area contributed by atoms with Gasteiger partial charge in [0, 0.05) is 65.4 Å². The molecule has 3 heterocycles. The van der Waals surface area contributed by atoms with Crippen molar-refractivity contribution in [2.75, 3.05) is 6.61 Å². The lowest BCUT2D eigenvalue weighted by atomic mass is 10.2. The zero-order chi connectivity index (χ0) is 18.7. The van der Waals surface area contributed by atoms with Gasteiger partial charge in [0.1, 0.15) is 0 Å². The molecular formula is C15H13F2IN6O2. The third kappa shape index (κ3) is 4.80. The highest BCUT2D eigenvalue weighted by atomic mass is 127. The van der Waals surface area contributed by atoms with Gasteiger partial charge in [0.15, 0.2) is 6.61 Å². The van der Waals surface area contributed by atoms with Crippen LogP contribution < -0.4 is 10.3 Å².